The van der Waals surface area contributed by atoms with Crippen LogP contribution in [0.15, 0.2) is 21.0 Å². The summed E-state index contributed by atoms with van der Waals surface area (Å²) in [6.07, 6.45) is 5.29. The van der Waals surface area contributed by atoms with E-state index in [-0.39, 0.29) is 34.4 Å². The van der Waals surface area contributed by atoms with Crippen LogP contribution in [0.2, 0.25) is 0 Å². The van der Waals surface area contributed by atoms with Crippen LogP contribution in [0.1, 0.15) is 18.4 Å². The third-order valence-corrected chi connectivity index (χ3v) is 7.98. The van der Waals surface area contributed by atoms with Crippen molar-refractivity contribution in [2.75, 3.05) is 11.4 Å². The Labute approximate surface area is 146 Å². The molecule has 1 spiro atoms. The van der Waals surface area contributed by atoms with Gasteiger partial charge in [0.25, 0.3) is 0 Å². The Morgan fingerprint density at radius 1 is 1.44 bits per heavy atom. The first-order valence-corrected chi connectivity index (χ1v) is 9.48. The van der Waals surface area contributed by atoms with Gasteiger partial charge in [0.1, 0.15) is 22.5 Å². The maximum Gasteiger partial charge on any atom is 0.180 e. The van der Waals surface area contributed by atoms with Gasteiger partial charge in [0.05, 0.1) is 11.1 Å². The fourth-order valence-corrected chi connectivity index (χ4v) is 7.25. The predicted octanol–water partition coefficient (Wildman–Crippen LogP) is -0.0210. The smallest absolute Gasteiger partial charge is 0.180 e. The van der Waals surface area contributed by atoms with Gasteiger partial charge in [-0.3, -0.25) is 14.8 Å². The highest BCUT2D eigenvalue weighted by Gasteiger charge is 2.63. The molecule has 7 heteroatoms. The van der Waals surface area contributed by atoms with Crippen molar-refractivity contribution in [1.82, 2.24) is 0 Å². The molecule has 4 unspecified atom stereocenters. The lowest BCUT2D eigenvalue weighted by molar-refractivity contribution is -0.117. The third kappa shape index (κ3) is 1.15. The zero-order chi connectivity index (χ0) is 16.7. The summed E-state index contributed by atoms with van der Waals surface area (Å²) in [6, 6.07) is -0.613. The van der Waals surface area contributed by atoms with Crippen LogP contribution in [0.4, 0.5) is 11.4 Å². The molecule has 1 aromatic rings. The normalized spacial score (nSPS) is 37.4. The Morgan fingerprint density at radius 3 is 3.20 bits per heavy atom. The predicted molar refractivity (Wildman–Crippen MR) is 94.9 cm³/mol. The first-order chi connectivity index (χ1) is 12.1. The van der Waals surface area contributed by atoms with Gasteiger partial charge in [0, 0.05) is 34.5 Å². The Hall–Kier alpha value is -2.12. The molecular weight excluding hydrogens is 336 g/mol. The van der Waals surface area contributed by atoms with Gasteiger partial charge in [-0.15, -0.1) is 11.8 Å². The molecule has 5 aliphatic heterocycles. The summed E-state index contributed by atoms with van der Waals surface area (Å²) in [5.74, 6) is 0.278. The van der Waals surface area contributed by atoms with E-state index >= 15 is 0 Å². The number of aromatic hydroxyl groups is 1. The summed E-state index contributed by atoms with van der Waals surface area (Å²) in [5.41, 5.74) is 10.2. The van der Waals surface area contributed by atoms with Crippen molar-refractivity contribution in [2.24, 2.45) is 15.7 Å². The monoisotopic (exact) mass is 350 g/mol. The van der Waals surface area contributed by atoms with E-state index in [1.54, 1.807) is 17.8 Å². The number of rotatable bonds is 0. The summed E-state index contributed by atoms with van der Waals surface area (Å²) >= 11 is 1.63. The maximum absolute atomic E-state index is 12.9. The molecule has 5 heterocycles. The molecule has 0 amide bonds. The highest BCUT2D eigenvalue weighted by atomic mass is 32.2. The molecule has 7 rings (SSSR count). The number of phenols is 1. The third-order valence-electron chi connectivity index (χ3n) is 6.70. The number of fused-ring (bicyclic) bond motifs is 3. The lowest BCUT2D eigenvalue weighted by atomic mass is 9.61. The van der Waals surface area contributed by atoms with Crippen LogP contribution in [0.3, 0.4) is 0 Å². The molecule has 4 atom stereocenters. The minimum Gasteiger partial charge on any atom is -0.504 e. The van der Waals surface area contributed by atoms with Crippen molar-refractivity contribution < 1.29 is 9.90 Å². The fourth-order valence-electron chi connectivity index (χ4n) is 5.74. The van der Waals surface area contributed by atoms with E-state index in [2.05, 4.69) is 9.89 Å². The van der Waals surface area contributed by atoms with E-state index in [4.69, 9.17) is 10.7 Å². The molecule has 0 radical (unpaired) electrons. The van der Waals surface area contributed by atoms with E-state index in [0.29, 0.717) is 11.0 Å². The van der Waals surface area contributed by atoms with Gasteiger partial charge in [-0.1, -0.05) is 0 Å². The molecule has 1 fully saturated rings. The Bertz CT molecular complexity index is 1140. The topological polar surface area (TPSA) is 91.3 Å². The van der Waals surface area contributed by atoms with Crippen LogP contribution in [0.25, 0.3) is 5.57 Å². The summed E-state index contributed by atoms with van der Waals surface area (Å²) < 4.78 is 0. The van der Waals surface area contributed by atoms with Crippen LogP contribution >= 0.6 is 11.8 Å². The molecule has 3 N–H and O–H groups in total. The molecule has 3 bridgehead atoms. The van der Waals surface area contributed by atoms with E-state index in [1.807, 2.05) is 6.21 Å². The number of phenolic OH excluding ortho intramolecular Hbond substituents is 1. The van der Waals surface area contributed by atoms with Crippen LogP contribution < -0.4 is 21.2 Å². The standard InChI is InChI=1S/C18H14N4O2S/c19-17-14-7(23)3-8-18(17)4-9(25-8)21-13-11(18)15-10-6(1-2-22(14)15)5-20-12(10)16(13)24/h3,5,9,14,17,24H,1-2,4,19H2. The summed E-state index contributed by atoms with van der Waals surface area (Å²) in [6.45, 7) is 0.755. The SMILES string of the molecule is NC1C2C(=O)C=C3SC4CC31c1c3c5c(c(O)c1=N4)N=CC=5CCN32. The minimum absolute atomic E-state index is 0.0106. The van der Waals surface area contributed by atoms with Gasteiger partial charge in [-0.05, 0) is 24.5 Å². The molecule has 6 nitrogen and oxygen atoms in total. The maximum atomic E-state index is 12.9. The second kappa shape index (κ2) is 3.68. The number of carbonyl (C=O) groups is 1. The quantitative estimate of drug-likeness (QED) is 0.686. The van der Waals surface area contributed by atoms with Gasteiger partial charge >= 0.3 is 0 Å². The van der Waals surface area contributed by atoms with E-state index in [9.17, 15) is 9.90 Å². The zero-order valence-corrected chi connectivity index (χ0v) is 14.0. The summed E-state index contributed by atoms with van der Waals surface area (Å²) in [7, 11) is 0. The number of anilines is 1. The molecule has 6 aliphatic rings. The lowest BCUT2D eigenvalue weighted by Gasteiger charge is -2.54. The fraction of sp³-hybridized carbons (Fsp3) is 0.389. The molecule has 0 saturated carbocycles. The molecule has 1 aromatic carbocycles. The number of nitrogens with two attached hydrogens (primary N) is 1. The van der Waals surface area contributed by atoms with Gasteiger partial charge in [-0.2, -0.15) is 0 Å². The van der Waals surface area contributed by atoms with Gasteiger partial charge in [0.15, 0.2) is 11.5 Å². The largest absolute Gasteiger partial charge is 0.504 e. The van der Waals surface area contributed by atoms with Crippen LogP contribution in [0, 0.1) is 0 Å². The van der Waals surface area contributed by atoms with Crippen molar-refractivity contribution in [3.8, 4) is 5.75 Å². The number of thioether (sulfide) groups is 1. The van der Waals surface area contributed by atoms with Gasteiger partial charge < -0.3 is 15.7 Å². The van der Waals surface area contributed by atoms with Crippen molar-refractivity contribution >= 4 is 40.7 Å². The van der Waals surface area contributed by atoms with E-state index < -0.39 is 0 Å². The summed E-state index contributed by atoms with van der Waals surface area (Å²) in [5, 5.41) is 12.6. The summed E-state index contributed by atoms with van der Waals surface area (Å²) in [4.78, 5) is 25.4. The second-order valence-corrected chi connectivity index (χ2v) is 8.85. The van der Waals surface area contributed by atoms with Gasteiger partial charge in [-0.25, -0.2) is 0 Å². The highest BCUT2D eigenvalue weighted by Crippen LogP contribution is 2.62. The average molecular weight is 350 g/mol. The van der Waals surface area contributed by atoms with Crippen molar-refractivity contribution in [1.29, 1.82) is 0 Å². The number of nitrogens with zero attached hydrogens (tertiary/aromatic N) is 3. The molecule has 124 valence electrons. The van der Waals surface area contributed by atoms with Crippen molar-refractivity contribution in [2.45, 2.75) is 35.7 Å². The van der Waals surface area contributed by atoms with Crippen molar-refractivity contribution in [3.63, 3.8) is 0 Å². The molecule has 1 aliphatic carbocycles. The zero-order valence-electron chi connectivity index (χ0n) is 13.2. The van der Waals surface area contributed by atoms with Crippen LogP contribution in [-0.4, -0.2) is 41.1 Å². The van der Waals surface area contributed by atoms with E-state index in [1.165, 1.54) is 0 Å². The van der Waals surface area contributed by atoms with Gasteiger partial charge in [0.2, 0.25) is 0 Å². The number of hydrogen-bond acceptors (Lipinski definition) is 7. The average Bonchev–Trinajstić information content (AvgIpc) is 3.13. The highest BCUT2D eigenvalue weighted by molar-refractivity contribution is 8.04. The first kappa shape index (κ1) is 13.1. The number of carbonyl (C=O) groups excluding carboxylic acids is 1. The number of hydrogen-bond donors (Lipinski definition) is 2. The first-order valence-electron chi connectivity index (χ1n) is 8.60. The Morgan fingerprint density at radius 2 is 2.32 bits per heavy atom. The molecule has 0 aromatic heterocycles. The number of aliphatic imine (C=N–C) groups is 1. The molecule has 25 heavy (non-hydrogen) atoms. The van der Waals surface area contributed by atoms with Crippen molar-refractivity contribution in [3.05, 3.63) is 27.1 Å². The molecular formula is C18H14N4O2S. The van der Waals surface area contributed by atoms with Crippen LogP contribution in [0.5, 0.6) is 5.75 Å². The second-order valence-electron chi connectivity index (χ2n) is 7.63. The van der Waals surface area contributed by atoms with E-state index in [0.717, 1.165) is 46.3 Å². The number of ketones is 1. The minimum atomic E-state index is -0.381. The Balaban J connectivity index is 1.79. The lowest BCUT2D eigenvalue weighted by Crippen LogP contribution is -2.69. The van der Waals surface area contributed by atoms with Crippen LogP contribution in [-0.2, 0) is 10.2 Å². The number of benzene rings is 1. The Kier molecular flexibility index (Phi) is 1.94. The molecule has 1 saturated heterocycles.